The zero-order valence-corrected chi connectivity index (χ0v) is 15.7. The summed E-state index contributed by atoms with van der Waals surface area (Å²) in [6.45, 7) is 0.287. The Labute approximate surface area is 156 Å². The molecule has 4 N–H and O–H groups in total. The number of anilines is 1. The lowest BCUT2D eigenvalue weighted by molar-refractivity contribution is 0.591. The summed E-state index contributed by atoms with van der Waals surface area (Å²) in [6, 6.07) is 10.5. The van der Waals surface area contributed by atoms with Crippen LogP contribution in [-0.2, 0) is 26.5 Å². The fraction of sp³-hybridized carbons (Fsp3) is 0.133. The molecule has 0 saturated heterocycles. The van der Waals surface area contributed by atoms with Crippen molar-refractivity contribution in [1.82, 2.24) is 4.72 Å². The molecule has 0 saturated carbocycles. The highest BCUT2D eigenvalue weighted by molar-refractivity contribution is 7.90. The molecule has 0 radical (unpaired) electrons. The molecule has 8 nitrogen and oxygen atoms in total. The van der Waals surface area contributed by atoms with Crippen LogP contribution >= 0.6 is 11.6 Å². The number of halogens is 1. The summed E-state index contributed by atoms with van der Waals surface area (Å²) in [6.07, 6.45) is 0.486. The summed E-state index contributed by atoms with van der Waals surface area (Å²) in [4.78, 5) is 4.33. The van der Waals surface area contributed by atoms with Crippen molar-refractivity contribution in [2.45, 2.75) is 16.2 Å². The van der Waals surface area contributed by atoms with Crippen LogP contribution in [0, 0.1) is 0 Å². The number of rotatable bonds is 4. The monoisotopic (exact) mass is 414 g/mol. The number of fused-ring (bicyclic) bond motifs is 1. The SMILES string of the molecule is NS(=O)(=O)c1ccc(CCN=C2Nc3cc(Cl)ccc3S(=O)(=O)N2)cc1. The highest BCUT2D eigenvalue weighted by Gasteiger charge is 2.26. The van der Waals surface area contributed by atoms with Gasteiger partial charge in [0.25, 0.3) is 10.0 Å². The quantitative estimate of drug-likeness (QED) is 0.693. The third-order valence-corrected chi connectivity index (χ3v) is 6.20. The minimum Gasteiger partial charge on any atom is -0.324 e. The Morgan fingerprint density at radius 1 is 1.12 bits per heavy atom. The second-order valence-electron chi connectivity index (χ2n) is 5.54. The van der Waals surface area contributed by atoms with Gasteiger partial charge in [0.1, 0.15) is 4.90 Å². The van der Waals surface area contributed by atoms with Crippen LogP contribution in [0.4, 0.5) is 5.69 Å². The Kier molecular flexibility index (Phi) is 4.93. The van der Waals surface area contributed by atoms with Gasteiger partial charge in [-0.1, -0.05) is 23.7 Å². The van der Waals surface area contributed by atoms with E-state index in [-0.39, 0.29) is 22.3 Å². The molecule has 3 rings (SSSR count). The van der Waals surface area contributed by atoms with Crippen LogP contribution in [0.3, 0.4) is 0 Å². The van der Waals surface area contributed by atoms with Crippen molar-refractivity contribution in [2.24, 2.45) is 10.1 Å². The van der Waals surface area contributed by atoms with Gasteiger partial charge < -0.3 is 5.32 Å². The first kappa shape index (κ1) is 18.6. The van der Waals surface area contributed by atoms with E-state index in [1.165, 1.54) is 30.3 Å². The summed E-state index contributed by atoms with van der Waals surface area (Å²) < 4.78 is 49.2. The molecule has 0 bridgehead atoms. The largest absolute Gasteiger partial charge is 0.324 e. The van der Waals surface area contributed by atoms with Crippen molar-refractivity contribution in [3.05, 3.63) is 53.1 Å². The minimum atomic E-state index is -3.73. The maximum Gasteiger partial charge on any atom is 0.266 e. The van der Waals surface area contributed by atoms with Gasteiger partial charge in [0.05, 0.1) is 10.6 Å². The topological polar surface area (TPSA) is 131 Å². The third-order valence-electron chi connectivity index (χ3n) is 3.64. The number of aliphatic imine (C=N–C) groups is 1. The zero-order chi connectivity index (χ0) is 18.9. The molecule has 0 unspecified atom stereocenters. The molecule has 0 fully saturated rings. The van der Waals surface area contributed by atoms with E-state index < -0.39 is 20.0 Å². The van der Waals surface area contributed by atoms with E-state index in [0.29, 0.717) is 17.1 Å². The molecule has 2 aromatic carbocycles. The Morgan fingerprint density at radius 2 is 1.81 bits per heavy atom. The van der Waals surface area contributed by atoms with E-state index in [4.69, 9.17) is 16.7 Å². The van der Waals surface area contributed by atoms with Gasteiger partial charge in [0.2, 0.25) is 16.0 Å². The lowest BCUT2D eigenvalue weighted by Gasteiger charge is -2.21. The number of guanidine groups is 1. The first-order valence-corrected chi connectivity index (χ1v) is 10.8. The van der Waals surface area contributed by atoms with Crippen LogP contribution in [-0.4, -0.2) is 29.3 Å². The van der Waals surface area contributed by atoms with Crippen LogP contribution in [0.15, 0.2) is 57.2 Å². The lowest BCUT2D eigenvalue weighted by Crippen LogP contribution is -2.40. The summed E-state index contributed by atoms with van der Waals surface area (Å²) in [5.74, 6) is 0.0981. The number of primary sulfonamides is 1. The Balaban J connectivity index is 1.72. The van der Waals surface area contributed by atoms with E-state index in [1.54, 1.807) is 12.1 Å². The van der Waals surface area contributed by atoms with Crippen molar-refractivity contribution in [3.8, 4) is 0 Å². The molecule has 11 heteroatoms. The number of nitrogens with two attached hydrogens (primary N) is 1. The lowest BCUT2D eigenvalue weighted by atomic mass is 10.1. The van der Waals surface area contributed by atoms with Crippen LogP contribution in [0.25, 0.3) is 0 Å². The van der Waals surface area contributed by atoms with Crippen LogP contribution < -0.4 is 15.2 Å². The Hall–Kier alpha value is -2.14. The third kappa shape index (κ3) is 4.15. The predicted octanol–water partition coefficient (Wildman–Crippen LogP) is 1.29. The Morgan fingerprint density at radius 3 is 2.46 bits per heavy atom. The van der Waals surface area contributed by atoms with Gasteiger partial charge in [-0.15, -0.1) is 0 Å². The van der Waals surface area contributed by atoms with E-state index >= 15 is 0 Å². The van der Waals surface area contributed by atoms with E-state index in [9.17, 15) is 16.8 Å². The van der Waals surface area contributed by atoms with Crippen molar-refractivity contribution >= 4 is 43.3 Å². The Bertz CT molecular complexity index is 1080. The molecule has 1 heterocycles. The van der Waals surface area contributed by atoms with Gasteiger partial charge in [0, 0.05) is 11.6 Å². The number of nitrogens with zero attached hydrogens (tertiary/aromatic N) is 1. The smallest absolute Gasteiger partial charge is 0.266 e. The number of sulfonamides is 2. The highest BCUT2D eigenvalue weighted by Crippen LogP contribution is 2.27. The fourth-order valence-electron chi connectivity index (χ4n) is 2.38. The normalized spacial score (nSPS) is 17.2. The van der Waals surface area contributed by atoms with Crippen molar-refractivity contribution in [1.29, 1.82) is 0 Å². The van der Waals surface area contributed by atoms with E-state index in [1.807, 2.05) is 0 Å². The molecule has 1 aliphatic heterocycles. The number of nitrogens with one attached hydrogen (secondary N) is 2. The molecule has 138 valence electrons. The average Bonchev–Trinajstić information content (AvgIpc) is 2.53. The average molecular weight is 415 g/mol. The number of hydrogen-bond donors (Lipinski definition) is 3. The zero-order valence-electron chi connectivity index (χ0n) is 13.3. The molecule has 0 amide bonds. The van der Waals surface area contributed by atoms with Crippen LogP contribution in [0.1, 0.15) is 5.56 Å². The molecular formula is C15H15ClN4O4S2. The molecule has 1 aliphatic rings. The fourth-order valence-corrected chi connectivity index (χ4v) is 4.20. The van der Waals surface area contributed by atoms with Gasteiger partial charge in [-0.25, -0.2) is 26.7 Å². The highest BCUT2D eigenvalue weighted by atomic mass is 35.5. The second-order valence-corrected chi connectivity index (χ2v) is 9.19. The van der Waals surface area contributed by atoms with Crippen molar-refractivity contribution in [2.75, 3.05) is 11.9 Å². The van der Waals surface area contributed by atoms with Gasteiger partial charge in [0.15, 0.2) is 0 Å². The first-order chi connectivity index (χ1) is 12.1. The molecule has 26 heavy (non-hydrogen) atoms. The molecular weight excluding hydrogens is 400 g/mol. The minimum absolute atomic E-state index is 0.0303. The summed E-state index contributed by atoms with van der Waals surface area (Å²) in [5.41, 5.74) is 1.19. The van der Waals surface area contributed by atoms with Gasteiger partial charge in [-0.2, -0.15) is 0 Å². The van der Waals surface area contributed by atoms with Crippen molar-refractivity contribution < 1.29 is 16.8 Å². The maximum atomic E-state index is 12.2. The van der Waals surface area contributed by atoms with Gasteiger partial charge in [-0.3, -0.25) is 4.99 Å². The summed E-state index contributed by atoms with van der Waals surface area (Å²) in [5, 5.41) is 8.34. The molecule has 0 spiro atoms. The van der Waals surface area contributed by atoms with Gasteiger partial charge in [-0.05, 0) is 42.3 Å². The maximum absolute atomic E-state index is 12.2. The molecule has 2 aromatic rings. The standard InChI is InChI=1S/C15H15ClN4O4S2/c16-11-3-6-14-13(9-11)19-15(20-26(14,23)24)18-8-7-10-1-4-12(5-2-10)25(17,21)22/h1-6,9H,7-8H2,(H2,17,21,22)(H2,18,19,20). The molecule has 0 aromatic heterocycles. The number of hydrogen-bond acceptors (Lipinski definition) is 5. The predicted molar refractivity (Wildman–Crippen MR) is 99.2 cm³/mol. The molecule has 0 aliphatic carbocycles. The number of benzene rings is 2. The van der Waals surface area contributed by atoms with Gasteiger partial charge >= 0.3 is 0 Å². The summed E-state index contributed by atoms with van der Waals surface area (Å²) >= 11 is 5.90. The van der Waals surface area contributed by atoms with E-state index in [2.05, 4.69) is 15.0 Å². The van der Waals surface area contributed by atoms with Crippen LogP contribution in [0.2, 0.25) is 5.02 Å². The van der Waals surface area contributed by atoms with E-state index in [0.717, 1.165) is 5.56 Å². The second kappa shape index (κ2) is 6.88. The summed E-state index contributed by atoms with van der Waals surface area (Å²) in [7, 11) is -7.43. The molecule has 0 atom stereocenters. The van der Waals surface area contributed by atoms with Crippen molar-refractivity contribution in [3.63, 3.8) is 0 Å². The first-order valence-electron chi connectivity index (χ1n) is 7.41. The van der Waals surface area contributed by atoms with Crippen LogP contribution in [0.5, 0.6) is 0 Å².